The van der Waals surface area contributed by atoms with Crippen LogP contribution in [0.4, 0.5) is 4.39 Å². The fraction of sp³-hybridized carbons (Fsp3) is 0.611. The van der Waals surface area contributed by atoms with E-state index in [-0.39, 0.29) is 11.2 Å². The van der Waals surface area contributed by atoms with Gasteiger partial charge in [-0.05, 0) is 24.3 Å². The lowest BCUT2D eigenvalue weighted by atomic mass is 9.67. The number of halogens is 1. The van der Waals surface area contributed by atoms with E-state index in [9.17, 15) is 4.39 Å². The molecule has 6 heteroatoms. The second-order valence-electron chi connectivity index (χ2n) is 7.41. The van der Waals surface area contributed by atoms with Gasteiger partial charge in [-0.3, -0.25) is 9.88 Å². The van der Waals surface area contributed by atoms with Gasteiger partial charge in [-0.25, -0.2) is 4.39 Å². The van der Waals surface area contributed by atoms with Gasteiger partial charge in [0.1, 0.15) is 18.0 Å². The van der Waals surface area contributed by atoms with Gasteiger partial charge >= 0.3 is 0 Å². The van der Waals surface area contributed by atoms with Crippen molar-refractivity contribution in [3.05, 3.63) is 42.0 Å². The van der Waals surface area contributed by atoms with Gasteiger partial charge in [0.15, 0.2) is 0 Å². The average molecular weight is 329 g/mol. The summed E-state index contributed by atoms with van der Waals surface area (Å²) in [5.41, 5.74) is 0.998. The highest BCUT2D eigenvalue weighted by molar-refractivity contribution is 5.16. The Morgan fingerprint density at radius 3 is 2.83 bits per heavy atom. The van der Waals surface area contributed by atoms with E-state index in [1.807, 2.05) is 7.05 Å². The van der Waals surface area contributed by atoms with Crippen molar-refractivity contribution < 1.29 is 4.39 Å². The van der Waals surface area contributed by atoms with E-state index >= 15 is 0 Å². The van der Waals surface area contributed by atoms with Gasteiger partial charge in [0.05, 0.1) is 6.20 Å². The van der Waals surface area contributed by atoms with E-state index in [0.29, 0.717) is 12.5 Å². The van der Waals surface area contributed by atoms with Crippen molar-refractivity contribution in [1.29, 1.82) is 0 Å². The van der Waals surface area contributed by atoms with Crippen LogP contribution in [0.3, 0.4) is 0 Å². The summed E-state index contributed by atoms with van der Waals surface area (Å²) in [4.78, 5) is 6.25. The molecule has 1 spiro atoms. The Hall–Kier alpha value is -1.82. The quantitative estimate of drug-likeness (QED) is 0.869. The molecule has 0 radical (unpaired) electrons. The lowest BCUT2D eigenvalue weighted by Gasteiger charge is -2.37. The molecule has 2 aromatic heterocycles. The molecule has 0 bridgehead atoms. The first-order valence-electron chi connectivity index (χ1n) is 8.83. The highest BCUT2D eigenvalue weighted by Gasteiger charge is 2.49. The van der Waals surface area contributed by atoms with Crippen molar-refractivity contribution >= 4 is 0 Å². The maximum atomic E-state index is 14.0. The van der Waals surface area contributed by atoms with Crippen LogP contribution in [0.5, 0.6) is 0 Å². The third kappa shape index (κ3) is 2.73. The molecular formula is C18H24FN5. The molecular weight excluding hydrogens is 305 g/mol. The monoisotopic (exact) mass is 329 g/mol. The molecule has 2 aromatic rings. The summed E-state index contributed by atoms with van der Waals surface area (Å²) >= 11 is 0. The third-order valence-electron chi connectivity index (χ3n) is 5.88. The molecule has 4 rings (SSSR count). The normalized spacial score (nSPS) is 23.8. The first-order chi connectivity index (χ1) is 11.7. The first kappa shape index (κ1) is 15.7. The van der Waals surface area contributed by atoms with Crippen LogP contribution in [0.15, 0.2) is 24.8 Å². The van der Waals surface area contributed by atoms with Crippen molar-refractivity contribution in [1.82, 2.24) is 24.6 Å². The highest BCUT2D eigenvalue weighted by atomic mass is 19.1. The molecule has 1 unspecified atom stereocenters. The van der Waals surface area contributed by atoms with Crippen LogP contribution in [-0.4, -0.2) is 37.7 Å². The van der Waals surface area contributed by atoms with Crippen molar-refractivity contribution in [2.45, 2.75) is 44.6 Å². The zero-order chi connectivity index (χ0) is 16.6. The molecule has 128 valence electrons. The van der Waals surface area contributed by atoms with Crippen molar-refractivity contribution in [2.75, 3.05) is 13.1 Å². The Morgan fingerprint density at radius 1 is 1.29 bits per heavy atom. The standard InChI is InChI=1S/C18H24FN5/c1-23-13-21-22-17(23)15-11-24(10-14-5-8-20-9-16(14)19)12-18(15)6-3-2-4-7-18/h5,8-9,13,15H,2-4,6-7,10-12H2,1H3. The Morgan fingerprint density at radius 2 is 2.12 bits per heavy atom. The molecule has 1 aliphatic heterocycles. The zero-order valence-electron chi connectivity index (χ0n) is 14.2. The molecule has 1 saturated heterocycles. The Bertz CT molecular complexity index is 707. The predicted molar refractivity (Wildman–Crippen MR) is 88.7 cm³/mol. The molecule has 1 atom stereocenters. The van der Waals surface area contributed by atoms with Gasteiger partial charge in [0.2, 0.25) is 0 Å². The van der Waals surface area contributed by atoms with Crippen molar-refractivity contribution in [3.8, 4) is 0 Å². The second-order valence-corrected chi connectivity index (χ2v) is 7.41. The molecule has 24 heavy (non-hydrogen) atoms. The summed E-state index contributed by atoms with van der Waals surface area (Å²) in [5, 5.41) is 8.50. The summed E-state index contributed by atoms with van der Waals surface area (Å²) in [5.74, 6) is 1.25. The number of pyridine rings is 1. The maximum absolute atomic E-state index is 14.0. The Kier molecular flexibility index (Phi) is 4.08. The molecule has 1 aliphatic carbocycles. The molecule has 5 nitrogen and oxygen atoms in total. The molecule has 3 heterocycles. The van der Waals surface area contributed by atoms with E-state index in [0.717, 1.165) is 24.5 Å². The van der Waals surface area contributed by atoms with E-state index in [1.165, 1.54) is 38.3 Å². The van der Waals surface area contributed by atoms with Crippen molar-refractivity contribution in [2.24, 2.45) is 12.5 Å². The molecule has 1 saturated carbocycles. The molecule has 0 N–H and O–H groups in total. The first-order valence-corrected chi connectivity index (χ1v) is 8.83. The molecule has 2 fully saturated rings. The molecule has 2 aliphatic rings. The predicted octanol–water partition coefficient (Wildman–Crippen LogP) is 2.90. The van der Waals surface area contributed by atoms with Crippen LogP contribution in [0.2, 0.25) is 0 Å². The van der Waals surface area contributed by atoms with Gasteiger partial charge in [-0.2, -0.15) is 0 Å². The van der Waals surface area contributed by atoms with E-state index < -0.39 is 0 Å². The van der Waals surface area contributed by atoms with Crippen LogP contribution in [0, 0.1) is 11.2 Å². The van der Waals surface area contributed by atoms with Crippen LogP contribution >= 0.6 is 0 Å². The van der Waals surface area contributed by atoms with E-state index in [2.05, 4.69) is 24.6 Å². The van der Waals surface area contributed by atoms with Crippen molar-refractivity contribution in [3.63, 3.8) is 0 Å². The minimum atomic E-state index is -0.211. The highest BCUT2D eigenvalue weighted by Crippen LogP contribution is 2.51. The van der Waals surface area contributed by atoms with Gasteiger partial charge in [-0.1, -0.05) is 19.3 Å². The zero-order valence-corrected chi connectivity index (χ0v) is 14.2. The maximum Gasteiger partial charge on any atom is 0.145 e. The summed E-state index contributed by atoms with van der Waals surface area (Å²) in [6, 6.07) is 1.79. The van der Waals surface area contributed by atoms with Crippen LogP contribution in [0.1, 0.15) is 49.4 Å². The number of hydrogen-bond donors (Lipinski definition) is 0. The van der Waals surface area contributed by atoms with E-state index in [4.69, 9.17) is 0 Å². The average Bonchev–Trinajstić information content (AvgIpc) is 3.14. The smallest absolute Gasteiger partial charge is 0.145 e. The van der Waals surface area contributed by atoms with Crippen LogP contribution in [-0.2, 0) is 13.6 Å². The summed E-state index contributed by atoms with van der Waals surface area (Å²) in [7, 11) is 2.02. The van der Waals surface area contributed by atoms with Crippen LogP contribution in [0.25, 0.3) is 0 Å². The summed E-state index contributed by atoms with van der Waals surface area (Å²) in [6.45, 7) is 2.59. The Labute approximate surface area is 141 Å². The summed E-state index contributed by atoms with van der Waals surface area (Å²) < 4.78 is 16.0. The number of hydrogen-bond acceptors (Lipinski definition) is 4. The number of nitrogens with zero attached hydrogens (tertiary/aromatic N) is 5. The van der Waals surface area contributed by atoms with Gasteiger partial charge < -0.3 is 4.57 Å². The van der Waals surface area contributed by atoms with Gasteiger partial charge in [0, 0.05) is 44.4 Å². The number of rotatable bonds is 3. The number of aromatic nitrogens is 4. The van der Waals surface area contributed by atoms with Gasteiger partial charge in [-0.15, -0.1) is 10.2 Å². The number of likely N-dealkylation sites (tertiary alicyclic amines) is 1. The lowest BCUT2D eigenvalue weighted by molar-refractivity contribution is 0.164. The fourth-order valence-electron chi connectivity index (χ4n) is 4.69. The third-order valence-corrected chi connectivity index (χ3v) is 5.88. The fourth-order valence-corrected chi connectivity index (χ4v) is 4.69. The minimum Gasteiger partial charge on any atom is -0.320 e. The topological polar surface area (TPSA) is 46.8 Å². The van der Waals surface area contributed by atoms with E-state index in [1.54, 1.807) is 18.6 Å². The number of aryl methyl sites for hydroxylation is 1. The molecule has 0 amide bonds. The van der Waals surface area contributed by atoms with Gasteiger partial charge in [0.25, 0.3) is 0 Å². The minimum absolute atomic E-state index is 0.211. The lowest BCUT2D eigenvalue weighted by Crippen LogP contribution is -2.33. The Balaban J connectivity index is 1.61. The van der Waals surface area contributed by atoms with Crippen LogP contribution < -0.4 is 0 Å². The second kappa shape index (κ2) is 6.24. The molecule has 0 aromatic carbocycles. The SMILES string of the molecule is Cn1cnnc1C1CN(Cc2ccncc2F)CC12CCCCC2. The summed E-state index contributed by atoms with van der Waals surface area (Å²) in [6.07, 6.45) is 11.1. The largest absolute Gasteiger partial charge is 0.320 e.